The summed E-state index contributed by atoms with van der Waals surface area (Å²) in [6.07, 6.45) is 0. The second-order valence-electron chi connectivity index (χ2n) is 15.7. The van der Waals surface area contributed by atoms with E-state index in [1.165, 1.54) is 43.4 Å². The predicted octanol–water partition coefficient (Wildman–Crippen LogP) is 14.3. The summed E-state index contributed by atoms with van der Waals surface area (Å²) in [5, 5.41) is 8.42. The van der Waals surface area contributed by atoms with E-state index >= 15 is 0 Å². The van der Waals surface area contributed by atoms with E-state index in [1.54, 1.807) is 0 Å². The van der Waals surface area contributed by atoms with Crippen LogP contribution in [0.25, 0.3) is 43.5 Å². The molecule has 54 heavy (non-hydrogen) atoms. The Labute approximate surface area is 318 Å². The van der Waals surface area contributed by atoms with E-state index in [0.29, 0.717) is 0 Å². The molecule has 9 aromatic rings. The first-order valence-electron chi connectivity index (χ1n) is 18.8. The molecule has 0 amide bonds. The molecule has 0 radical (unpaired) electrons. The molecule has 0 unspecified atom stereocenters. The van der Waals surface area contributed by atoms with E-state index in [1.807, 2.05) is 0 Å². The SMILES string of the molecule is Cc1ccc(N(c2ccc(C)cc2)c2cc3oc4cc(N(c5ccc(C)cc5)c5ccc([Si](C)(C)C)cc5)c5ccccc5c4c3c3ccccc23)cc1. The number of nitrogens with zero attached hydrogens (tertiary/aromatic N) is 2. The van der Waals surface area contributed by atoms with Gasteiger partial charge in [0.2, 0.25) is 0 Å². The number of benzene rings is 8. The highest BCUT2D eigenvalue weighted by atomic mass is 28.3. The highest BCUT2D eigenvalue weighted by Gasteiger charge is 2.25. The first-order valence-corrected chi connectivity index (χ1v) is 22.3. The molecule has 1 aromatic heterocycles. The minimum absolute atomic E-state index is 0.867. The van der Waals surface area contributed by atoms with Crippen molar-refractivity contribution >= 4 is 90.9 Å². The van der Waals surface area contributed by atoms with Crippen LogP contribution in [0.3, 0.4) is 0 Å². The molecular weight excluding hydrogens is 673 g/mol. The highest BCUT2D eigenvalue weighted by Crippen LogP contribution is 2.49. The molecule has 0 fully saturated rings. The number of fused-ring (bicyclic) bond motifs is 7. The van der Waals surface area contributed by atoms with Crippen LogP contribution < -0.4 is 15.0 Å². The number of hydrogen-bond donors (Lipinski definition) is 0. The maximum atomic E-state index is 7.07. The van der Waals surface area contributed by atoms with Crippen LogP contribution in [0.1, 0.15) is 16.7 Å². The molecule has 0 saturated heterocycles. The number of furan rings is 1. The van der Waals surface area contributed by atoms with Crippen molar-refractivity contribution in [2.24, 2.45) is 0 Å². The van der Waals surface area contributed by atoms with Crippen LogP contribution in [-0.2, 0) is 0 Å². The second-order valence-corrected chi connectivity index (χ2v) is 20.8. The molecule has 0 saturated carbocycles. The van der Waals surface area contributed by atoms with Gasteiger partial charge < -0.3 is 14.2 Å². The summed E-state index contributed by atoms with van der Waals surface area (Å²) >= 11 is 0. The molecule has 0 aliphatic heterocycles. The predicted molar refractivity (Wildman–Crippen MR) is 235 cm³/mol. The van der Waals surface area contributed by atoms with Gasteiger partial charge in [0.1, 0.15) is 11.2 Å². The van der Waals surface area contributed by atoms with E-state index in [0.717, 1.165) is 56.1 Å². The van der Waals surface area contributed by atoms with Crippen molar-refractivity contribution in [1.82, 2.24) is 0 Å². The van der Waals surface area contributed by atoms with Gasteiger partial charge in [-0.2, -0.15) is 0 Å². The van der Waals surface area contributed by atoms with Crippen molar-refractivity contribution in [2.75, 3.05) is 9.80 Å². The summed E-state index contributed by atoms with van der Waals surface area (Å²) < 4.78 is 7.07. The number of aryl methyl sites for hydroxylation is 3. The smallest absolute Gasteiger partial charge is 0.138 e. The topological polar surface area (TPSA) is 19.6 Å². The van der Waals surface area contributed by atoms with Gasteiger partial charge in [-0.05, 0) is 80.1 Å². The Balaban J connectivity index is 1.33. The summed E-state index contributed by atoms with van der Waals surface area (Å²) in [6.45, 7) is 13.6. The molecule has 4 heteroatoms. The third kappa shape index (κ3) is 5.84. The van der Waals surface area contributed by atoms with E-state index in [-0.39, 0.29) is 0 Å². The molecule has 0 aliphatic rings. The van der Waals surface area contributed by atoms with Crippen LogP contribution in [0, 0.1) is 20.8 Å². The van der Waals surface area contributed by atoms with Crippen LogP contribution in [0.4, 0.5) is 34.1 Å². The Morgan fingerprint density at radius 2 is 0.704 bits per heavy atom. The monoisotopic (exact) mass is 716 g/mol. The van der Waals surface area contributed by atoms with Gasteiger partial charge in [-0.1, -0.05) is 139 Å². The van der Waals surface area contributed by atoms with Gasteiger partial charge in [0.25, 0.3) is 0 Å². The fourth-order valence-electron chi connectivity index (χ4n) is 7.87. The largest absolute Gasteiger partial charge is 0.456 e. The summed E-state index contributed by atoms with van der Waals surface area (Å²) in [6, 6.07) is 57.8. The average molecular weight is 717 g/mol. The minimum atomic E-state index is -1.48. The molecule has 1 heterocycles. The lowest BCUT2D eigenvalue weighted by Crippen LogP contribution is -2.37. The van der Waals surface area contributed by atoms with Gasteiger partial charge in [0.15, 0.2) is 0 Å². The molecule has 3 nitrogen and oxygen atoms in total. The van der Waals surface area contributed by atoms with E-state index < -0.39 is 8.07 Å². The zero-order valence-corrected chi connectivity index (χ0v) is 32.8. The van der Waals surface area contributed by atoms with Crippen molar-refractivity contribution in [3.05, 3.63) is 174 Å². The average Bonchev–Trinajstić information content (AvgIpc) is 3.56. The van der Waals surface area contributed by atoms with Gasteiger partial charge in [0, 0.05) is 56.4 Å². The van der Waals surface area contributed by atoms with Gasteiger partial charge in [0.05, 0.1) is 19.4 Å². The molecule has 0 atom stereocenters. The summed E-state index contributed by atoms with van der Waals surface area (Å²) in [4.78, 5) is 4.75. The quantitative estimate of drug-likeness (QED) is 0.153. The lowest BCUT2D eigenvalue weighted by molar-refractivity contribution is 0.669. The zero-order chi connectivity index (χ0) is 37.1. The molecule has 9 rings (SSSR count). The highest BCUT2D eigenvalue weighted by molar-refractivity contribution is 6.88. The van der Waals surface area contributed by atoms with Crippen LogP contribution >= 0.6 is 0 Å². The lowest BCUT2D eigenvalue weighted by Gasteiger charge is -2.28. The van der Waals surface area contributed by atoms with Crippen molar-refractivity contribution in [2.45, 2.75) is 40.4 Å². The molecule has 0 spiro atoms. The maximum absolute atomic E-state index is 7.07. The van der Waals surface area contributed by atoms with E-state index in [2.05, 4.69) is 208 Å². The first kappa shape index (κ1) is 33.7. The van der Waals surface area contributed by atoms with Gasteiger partial charge in [-0.25, -0.2) is 0 Å². The minimum Gasteiger partial charge on any atom is -0.456 e. The van der Waals surface area contributed by atoms with Gasteiger partial charge in [-0.15, -0.1) is 0 Å². The standard InChI is InChI=1S/C50H44N2OSi/c1-33-15-21-36(22-16-33)51(37-23-17-34(2)18-24-37)45-31-47-49(43-13-9-7-11-41(43)45)50-44-14-10-8-12-42(44)46(32-48(50)53-47)52(38-25-19-35(3)20-26-38)39-27-29-40(30-28-39)54(4,5)6/h7-32H,1-6H3. The molecule has 0 bridgehead atoms. The first-order chi connectivity index (χ1) is 26.1. The summed E-state index contributed by atoms with van der Waals surface area (Å²) in [5.41, 5.74) is 12.1. The number of hydrogen-bond acceptors (Lipinski definition) is 3. The van der Waals surface area contributed by atoms with E-state index in [9.17, 15) is 0 Å². The molecular formula is C50H44N2OSi. The number of rotatable bonds is 7. The third-order valence-corrected chi connectivity index (χ3v) is 12.9. The Bertz CT molecular complexity index is 2760. The van der Waals surface area contributed by atoms with Crippen LogP contribution in [0.15, 0.2) is 162 Å². The normalized spacial score (nSPS) is 11.9. The van der Waals surface area contributed by atoms with Gasteiger partial charge >= 0.3 is 0 Å². The molecule has 0 aliphatic carbocycles. The Morgan fingerprint density at radius 1 is 0.389 bits per heavy atom. The van der Waals surface area contributed by atoms with E-state index in [4.69, 9.17) is 4.42 Å². The zero-order valence-electron chi connectivity index (χ0n) is 31.8. The Morgan fingerprint density at radius 3 is 1.04 bits per heavy atom. The summed E-state index contributed by atoms with van der Waals surface area (Å²) in [5.74, 6) is 0. The third-order valence-electron chi connectivity index (χ3n) is 10.8. The lowest BCUT2D eigenvalue weighted by atomic mass is 9.96. The van der Waals surface area contributed by atoms with Crippen molar-refractivity contribution < 1.29 is 4.42 Å². The van der Waals surface area contributed by atoms with Gasteiger partial charge in [-0.3, -0.25) is 0 Å². The van der Waals surface area contributed by atoms with Crippen molar-refractivity contribution in [1.29, 1.82) is 0 Å². The van der Waals surface area contributed by atoms with Crippen molar-refractivity contribution in [3.63, 3.8) is 0 Å². The van der Waals surface area contributed by atoms with Crippen LogP contribution in [0.5, 0.6) is 0 Å². The maximum Gasteiger partial charge on any atom is 0.138 e. The second kappa shape index (κ2) is 13.1. The van der Waals surface area contributed by atoms with Crippen LogP contribution in [-0.4, -0.2) is 8.07 Å². The fourth-order valence-corrected chi connectivity index (χ4v) is 9.04. The van der Waals surface area contributed by atoms with Crippen LogP contribution in [0.2, 0.25) is 19.6 Å². The Kier molecular flexibility index (Phi) is 8.17. The van der Waals surface area contributed by atoms with Crippen molar-refractivity contribution in [3.8, 4) is 0 Å². The Hall–Kier alpha value is -6.10. The molecule has 0 N–H and O–H groups in total. The molecule has 264 valence electrons. The fraction of sp³-hybridized carbons (Fsp3) is 0.120. The summed E-state index contributed by atoms with van der Waals surface area (Å²) in [7, 11) is -1.48. The molecule has 8 aromatic carbocycles. The number of anilines is 6.